The molecule has 6 nitrogen and oxygen atoms in total. The van der Waals surface area contributed by atoms with E-state index in [9.17, 15) is 9.59 Å². The van der Waals surface area contributed by atoms with E-state index >= 15 is 0 Å². The van der Waals surface area contributed by atoms with Gasteiger partial charge in [-0.15, -0.1) is 0 Å². The van der Waals surface area contributed by atoms with E-state index in [1.165, 1.54) is 0 Å². The average molecular weight is 396 g/mol. The van der Waals surface area contributed by atoms with Gasteiger partial charge in [-0.1, -0.05) is 25.8 Å². The number of rotatable bonds is 2. The molecule has 0 spiro atoms. The van der Waals surface area contributed by atoms with E-state index in [0.717, 1.165) is 48.8 Å². The number of carbonyl (C=O) groups excluding carboxylic acids is 2. The van der Waals surface area contributed by atoms with Crippen molar-refractivity contribution in [2.24, 2.45) is 5.41 Å². The fourth-order valence-electron chi connectivity index (χ4n) is 6.44. The zero-order valence-electron chi connectivity index (χ0n) is 17.4. The lowest BCUT2D eigenvalue weighted by atomic mass is 9.71. The molecule has 1 aliphatic carbocycles. The molecular formula is C23H29N3O3. The minimum absolute atomic E-state index is 0.0234. The van der Waals surface area contributed by atoms with Gasteiger partial charge in [-0.3, -0.25) is 9.59 Å². The summed E-state index contributed by atoms with van der Waals surface area (Å²) < 4.78 is 5.46. The first kappa shape index (κ1) is 18.5. The van der Waals surface area contributed by atoms with E-state index in [4.69, 9.17) is 4.74 Å². The number of benzene rings is 1. The molecule has 2 saturated heterocycles. The summed E-state index contributed by atoms with van der Waals surface area (Å²) in [6.07, 6.45) is 5.30. The van der Waals surface area contributed by atoms with Gasteiger partial charge in [0, 0.05) is 41.9 Å². The summed E-state index contributed by atoms with van der Waals surface area (Å²) in [5.41, 5.74) is 1.48. The first-order chi connectivity index (χ1) is 13.9. The van der Waals surface area contributed by atoms with Crippen molar-refractivity contribution in [3.8, 4) is 5.75 Å². The summed E-state index contributed by atoms with van der Waals surface area (Å²) in [5.74, 6) is 0.949. The number of nitrogens with zero attached hydrogens (tertiary/aromatic N) is 2. The van der Waals surface area contributed by atoms with E-state index in [1.54, 1.807) is 14.0 Å². The number of H-pyrrole nitrogens is 1. The molecule has 2 aliphatic heterocycles. The Morgan fingerprint density at radius 1 is 1.21 bits per heavy atom. The molecule has 1 N–H and O–H groups in total. The van der Waals surface area contributed by atoms with Crippen LogP contribution in [0.25, 0.3) is 10.9 Å². The summed E-state index contributed by atoms with van der Waals surface area (Å²) in [5, 5.41) is 0.925. The van der Waals surface area contributed by atoms with Gasteiger partial charge >= 0.3 is 0 Å². The molecule has 154 valence electrons. The summed E-state index contributed by atoms with van der Waals surface area (Å²) in [6.45, 7) is 4.61. The number of carbonyl (C=O) groups is 2. The number of nitrogens with one attached hydrogen (secondary N) is 1. The average Bonchev–Trinajstić information content (AvgIpc) is 3.18. The molecule has 1 aromatic carbocycles. The zero-order chi connectivity index (χ0) is 20.3. The van der Waals surface area contributed by atoms with E-state index in [0.29, 0.717) is 12.2 Å². The number of ether oxygens (including phenoxy) is 1. The molecule has 2 amide bonds. The molecule has 0 unspecified atom stereocenters. The maximum absolute atomic E-state index is 13.7. The number of hydrogen-bond acceptors (Lipinski definition) is 3. The highest BCUT2D eigenvalue weighted by Gasteiger charge is 2.60. The Bertz CT molecular complexity index is 983. The Hall–Kier alpha value is -2.50. The highest BCUT2D eigenvalue weighted by Crippen LogP contribution is 2.53. The van der Waals surface area contributed by atoms with Crippen molar-refractivity contribution < 1.29 is 14.3 Å². The normalized spacial score (nSPS) is 31.1. The second-order valence-electron chi connectivity index (χ2n) is 9.17. The van der Waals surface area contributed by atoms with Crippen LogP contribution in [0.4, 0.5) is 0 Å². The molecule has 1 aromatic heterocycles. The van der Waals surface area contributed by atoms with Crippen molar-refractivity contribution in [1.82, 2.24) is 14.8 Å². The molecular weight excluding hydrogens is 366 g/mol. The number of methoxy groups -OCH3 is 1. The van der Waals surface area contributed by atoms with E-state index in [2.05, 4.69) is 21.7 Å². The number of likely N-dealkylation sites (tertiary alicyclic amines) is 2. The SMILES string of the molecule is COc1cccc2[nH]c(C(=O)N3C[C@@H]4C[C@@]5(C)[C@H](CCCC[C@@H]35)N4C(C)=O)cc12. The lowest BCUT2D eigenvalue weighted by molar-refractivity contribution is -0.132. The summed E-state index contributed by atoms with van der Waals surface area (Å²) >= 11 is 0. The van der Waals surface area contributed by atoms with Crippen molar-refractivity contribution >= 4 is 22.7 Å². The van der Waals surface area contributed by atoms with Crippen LogP contribution in [0.1, 0.15) is 56.4 Å². The first-order valence-corrected chi connectivity index (χ1v) is 10.7. The molecule has 5 rings (SSSR count). The van der Waals surface area contributed by atoms with Crippen LogP contribution in [-0.4, -0.2) is 58.4 Å². The van der Waals surface area contributed by atoms with Gasteiger partial charge < -0.3 is 19.5 Å². The molecule has 3 heterocycles. The molecule has 3 aliphatic rings. The molecule has 1 saturated carbocycles. The number of hydrogen-bond donors (Lipinski definition) is 1. The second kappa shape index (κ2) is 6.51. The van der Waals surface area contributed by atoms with Gasteiger partial charge in [0.25, 0.3) is 5.91 Å². The summed E-state index contributed by atoms with van der Waals surface area (Å²) in [7, 11) is 1.65. The van der Waals surface area contributed by atoms with Gasteiger partial charge in [0.15, 0.2) is 0 Å². The Balaban J connectivity index is 1.54. The van der Waals surface area contributed by atoms with Crippen LogP contribution in [0.15, 0.2) is 24.3 Å². The van der Waals surface area contributed by atoms with Crippen LogP contribution in [0, 0.1) is 5.41 Å². The largest absolute Gasteiger partial charge is 0.496 e. The summed E-state index contributed by atoms with van der Waals surface area (Å²) in [4.78, 5) is 33.6. The summed E-state index contributed by atoms with van der Waals surface area (Å²) in [6, 6.07) is 8.26. The van der Waals surface area contributed by atoms with E-state index < -0.39 is 0 Å². The minimum atomic E-state index is -0.0234. The van der Waals surface area contributed by atoms with Crippen molar-refractivity contribution in [2.75, 3.05) is 13.7 Å². The van der Waals surface area contributed by atoms with Gasteiger partial charge in [0.2, 0.25) is 5.91 Å². The monoisotopic (exact) mass is 395 g/mol. The Labute approximate surface area is 171 Å². The fraction of sp³-hybridized carbons (Fsp3) is 0.565. The minimum Gasteiger partial charge on any atom is -0.496 e. The lowest BCUT2D eigenvalue weighted by Crippen LogP contribution is -2.55. The third kappa shape index (κ3) is 2.61. The van der Waals surface area contributed by atoms with Crippen molar-refractivity contribution in [1.29, 1.82) is 0 Å². The molecule has 4 atom stereocenters. The Morgan fingerprint density at radius 3 is 2.69 bits per heavy atom. The van der Waals surface area contributed by atoms with Crippen LogP contribution in [0.3, 0.4) is 0 Å². The smallest absolute Gasteiger partial charge is 0.270 e. The predicted octanol–water partition coefficient (Wildman–Crippen LogP) is 3.57. The first-order valence-electron chi connectivity index (χ1n) is 10.7. The third-order valence-electron chi connectivity index (χ3n) is 7.61. The second-order valence-corrected chi connectivity index (χ2v) is 9.17. The highest BCUT2D eigenvalue weighted by molar-refractivity contribution is 6.00. The molecule has 6 heteroatoms. The fourth-order valence-corrected chi connectivity index (χ4v) is 6.44. The quantitative estimate of drug-likeness (QED) is 0.845. The van der Waals surface area contributed by atoms with Gasteiger partial charge in [0.1, 0.15) is 11.4 Å². The molecule has 2 bridgehead atoms. The third-order valence-corrected chi connectivity index (χ3v) is 7.61. The molecule has 0 radical (unpaired) electrons. The van der Waals surface area contributed by atoms with Gasteiger partial charge in [-0.05, 0) is 37.5 Å². The van der Waals surface area contributed by atoms with Crippen LogP contribution in [-0.2, 0) is 4.79 Å². The lowest BCUT2D eigenvalue weighted by Gasteiger charge is -2.46. The standard InChI is InChI=1S/C23H29N3O3/c1-14(27)26-15-12-23(2)20(9-4-5-10-21(23)26)25(13-15)22(28)18-11-16-17(24-18)7-6-8-19(16)29-3/h6-8,11,15,20-21,24H,4-5,9-10,12-13H2,1-3H3/t15-,20+,21-,23+/m0/s1. The van der Waals surface area contributed by atoms with Crippen LogP contribution in [0.2, 0.25) is 0 Å². The highest BCUT2D eigenvalue weighted by atomic mass is 16.5. The predicted molar refractivity (Wildman–Crippen MR) is 111 cm³/mol. The van der Waals surface area contributed by atoms with Crippen molar-refractivity contribution in [2.45, 2.75) is 64.1 Å². The van der Waals surface area contributed by atoms with Crippen molar-refractivity contribution in [3.63, 3.8) is 0 Å². The Kier molecular flexibility index (Phi) is 4.16. The van der Waals surface area contributed by atoms with E-state index in [1.807, 2.05) is 24.3 Å². The van der Waals surface area contributed by atoms with Gasteiger partial charge in [-0.25, -0.2) is 0 Å². The maximum Gasteiger partial charge on any atom is 0.270 e. The maximum atomic E-state index is 13.7. The number of piperidine rings is 1. The van der Waals surface area contributed by atoms with Crippen LogP contribution in [0.5, 0.6) is 5.75 Å². The number of fused-ring (bicyclic) bond motifs is 2. The van der Waals surface area contributed by atoms with E-state index in [-0.39, 0.29) is 35.4 Å². The van der Waals surface area contributed by atoms with Gasteiger partial charge in [-0.2, -0.15) is 0 Å². The number of amides is 2. The molecule has 29 heavy (non-hydrogen) atoms. The van der Waals surface area contributed by atoms with Crippen LogP contribution < -0.4 is 4.74 Å². The topological polar surface area (TPSA) is 65.6 Å². The molecule has 2 aromatic rings. The van der Waals surface area contributed by atoms with Gasteiger partial charge in [0.05, 0.1) is 13.2 Å². The molecule has 3 fully saturated rings. The van der Waals surface area contributed by atoms with Crippen LogP contribution >= 0.6 is 0 Å². The Morgan fingerprint density at radius 2 is 1.97 bits per heavy atom. The number of aromatic nitrogens is 1. The number of aromatic amines is 1. The van der Waals surface area contributed by atoms with Crippen molar-refractivity contribution in [3.05, 3.63) is 30.0 Å². The zero-order valence-corrected chi connectivity index (χ0v) is 17.4.